The monoisotopic (exact) mass is 2700 g/mol. The van der Waals surface area contributed by atoms with Crippen LogP contribution in [-0.2, 0) is 186 Å². The van der Waals surface area contributed by atoms with Gasteiger partial charge in [0.05, 0.1) is 38.9 Å². The summed E-state index contributed by atoms with van der Waals surface area (Å²) in [5, 5.41) is 5.27. The molecular weight excluding hydrogens is 2600 g/mol. The van der Waals surface area contributed by atoms with Crippen LogP contribution in [0.2, 0.25) is 0 Å². The summed E-state index contributed by atoms with van der Waals surface area (Å²) in [6.45, 7) is 83.0. The maximum absolute atomic E-state index is 7.50. The molecule has 0 bridgehead atoms. The Morgan fingerprint density at radius 2 is 0.354 bits per heavy atom. The predicted octanol–water partition coefficient (Wildman–Crippen LogP) is 29.2. The number of nitrogens with zero attached hydrogens (tertiary/aromatic N) is 2. The molecule has 0 aliphatic heterocycles. The van der Waals surface area contributed by atoms with Gasteiger partial charge in [0.25, 0.3) is 0 Å². The van der Waals surface area contributed by atoms with Crippen LogP contribution in [0.15, 0.2) is 394 Å². The minimum absolute atomic E-state index is 0. The van der Waals surface area contributed by atoms with E-state index in [1.165, 1.54) is 172 Å². The van der Waals surface area contributed by atoms with Crippen LogP contribution >= 0.6 is 0 Å². The largest absolute Gasteiger partial charge is 0.358 e. The van der Waals surface area contributed by atoms with Crippen LogP contribution in [0.25, 0.3) is 99.5 Å². The van der Waals surface area contributed by atoms with Gasteiger partial charge in [0.15, 0.2) is 0 Å². The number of hydrogen-bond acceptors (Lipinski definition) is 0. The molecular formula is C125H101MoN2O15W4-5. The molecule has 16 aromatic carbocycles. The smallest absolute Gasteiger partial charge is 0.0713 e. The van der Waals surface area contributed by atoms with Gasteiger partial charge in [-0.15, -0.1) is 0 Å². The average Bonchev–Trinajstić information content (AvgIpc) is 1.53. The molecule has 20 rings (SSSR count). The van der Waals surface area contributed by atoms with Gasteiger partial charge in [-0.25, -0.2) is 0 Å². The van der Waals surface area contributed by atoms with Crippen LogP contribution in [0.5, 0.6) is 0 Å². The van der Waals surface area contributed by atoms with E-state index >= 15 is 0 Å². The molecule has 0 saturated heterocycles. The third kappa shape index (κ3) is 36.9. The Kier molecular flexibility index (Phi) is 91.0. The molecule has 147 heavy (non-hydrogen) atoms. The van der Waals surface area contributed by atoms with Gasteiger partial charge in [-0.05, 0) is 178 Å². The Balaban J connectivity index is -0.000000184. The van der Waals surface area contributed by atoms with Gasteiger partial charge < -0.3 is 46.3 Å². The van der Waals surface area contributed by atoms with Crippen molar-refractivity contribution >= 4 is 43.6 Å². The van der Waals surface area contributed by atoms with Gasteiger partial charge in [-0.1, -0.05) is 381 Å². The van der Waals surface area contributed by atoms with Crippen LogP contribution < -0.4 is 0 Å². The number of hydrogen-bond donors (Lipinski definition) is 0. The Bertz CT molecular complexity index is 6450. The molecule has 0 fully saturated rings. The third-order valence-corrected chi connectivity index (χ3v) is 21.9. The van der Waals surface area contributed by atoms with Crippen molar-refractivity contribution in [2.24, 2.45) is 0 Å². The van der Waals surface area contributed by atoms with Gasteiger partial charge >= 0.3 is 170 Å². The maximum atomic E-state index is 7.50. The summed E-state index contributed by atoms with van der Waals surface area (Å²) in [5.41, 5.74) is 35.4. The number of fused-ring (bicyclic) bond motifs is 12. The van der Waals surface area contributed by atoms with E-state index < -0.39 is 0 Å². The van der Waals surface area contributed by atoms with Crippen molar-refractivity contribution in [2.75, 3.05) is 0 Å². The van der Waals surface area contributed by atoms with E-state index in [2.05, 4.69) is 552 Å². The quantitative estimate of drug-likeness (QED) is 0.0816. The number of rotatable bonds is 7. The first-order valence-corrected chi connectivity index (χ1v) is 40.5. The molecule has 17 nitrogen and oxygen atoms in total. The zero-order chi connectivity index (χ0) is 103. The average molecular weight is 2700 g/mol. The first kappa shape index (κ1) is 154. The minimum atomic E-state index is -0.254. The molecule has 2 heterocycles. The molecule has 2 aliphatic carbocycles. The number of aromatic nitrogens is 2. The maximum Gasteiger partial charge on any atom is 0.0713 e. The summed E-state index contributed by atoms with van der Waals surface area (Å²) in [6, 6.07) is 141. The molecule has 2 aromatic heterocycles. The second-order valence-corrected chi connectivity index (χ2v) is 28.7. The first-order chi connectivity index (χ1) is 67.5. The van der Waals surface area contributed by atoms with Crippen molar-refractivity contribution in [2.45, 2.75) is 59.3 Å². The van der Waals surface area contributed by atoms with Crippen LogP contribution in [-0.4, -0.2) is 9.13 Å². The van der Waals surface area contributed by atoms with Crippen molar-refractivity contribution in [1.82, 2.24) is 9.13 Å². The van der Waals surface area contributed by atoms with Crippen molar-refractivity contribution in [3.05, 3.63) is 604 Å². The van der Waals surface area contributed by atoms with Crippen molar-refractivity contribution in [1.29, 1.82) is 0 Å². The summed E-state index contributed by atoms with van der Waals surface area (Å²) < 4.78 is 117. The molecule has 0 unspecified atom stereocenters. The molecule has 736 valence electrons. The Morgan fingerprint density at radius 1 is 0.190 bits per heavy atom. The van der Waals surface area contributed by atoms with Crippen LogP contribution in [0.1, 0.15) is 79.2 Å². The van der Waals surface area contributed by atoms with E-state index in [1.807, 2.05) is 0 Å². The number of aryl methyl sites for hydroxylation is 6. The summed E-state index contributed by atoms with van der Waals surface area (Å²) in [6.07, 6.45) is 0. The fraction of sp³-hybridized carbons (Fsp3) is 0.0720. The Hall–Kier alpha value is -13.3. The van der Waals surface area contributed by atoms with E-state index in [1.54, 1.807) is 0 Å². The van der Waals surface area contributed by atoms with E-state index in [9.17, 15) is 0 Å². The van der Waals surface area contributed by atoms with Crippen molar-refractivity contribution in [3.63, 3.8) is 0 Å². The van der Waals surface area contributed by atoms with Crippen molar-refractivity contribution in [3.8, 4) is 55.9 Å². The Morgan fingerprint density at radius 3 is 0.578 bits per heavy atom. The topological polar surface area (TPSA) is 308 Å². The zero-order valence-electron chi connectivity index (χ0n) is 82.6. The third-order valence-electron chi connectivity index (χ3n) is 21.9. The van der Waals surface area contributed by atoms with Gasteiger partial charge in [0.2, 0.25) is 0 Å². The van der Waals surface area contributed by atoms with Gasteiger partial charge in [-0.3, -0.25) is 0 Å². The fourth-order valence-corrected chi connectivity index (χ4v) is 17.5. The summed E-state index contributed by atoms with van der Waals surface area (Å²) in [5.74, 6) is 0. The SMILES string of the molecule is CC1(c2ccccc2)c2ccccc2-c2ccccc21.Cc1cc(C)c(-n2c3ccccc3c3ccccc32)c(C)c1.Cc1cc(C)c(-n2c3ccccc3c3ccccc32)c(C)c1.[C-]#[O+].[C-]#[O+].[C-]#[O+].[C-]#[O+].[C-]#[O+].[C-]#[O+].[C-]#[O+].[C-]#[O+].[C-]#[O+].[C-]#[O+].[C-]#[O+].[C-]#[O+].[C-]#[O+].[C-]#[O+].[C-]#[O+].[CH3-].[CH3-].[CH3-].[CH3-].[CH3-].[Mo].[W].[W].[W].[W].c1ccc(-c2ccccc2-c2ccccc2)cc1.c1ccc(C2(c3ccccc3)c3ccccc3-c3ccccc32)cc1. The summed E-state index contributed by atoms with van der Waals surface area (Å²) in [7, 11) is 0. The number of para-hydroxylation sites is 4. The fourth-order valence-electron chi connectivity index (χ4n) is 17.5. The van der Waals surface area contributed by atoms with Crippen molar-refractivity contribution < 1.29 is 175 Å². The zero-order valence-corrected chi connectivity index (χ0v) is 96.3. The molecule has 0 radical (unpaired) electrons. The second kappa shape index (κ2) is 86.9. The van der Waals surface area contributed by atoms with Gasteiger partial charge in [0, 0.05) is 132 Å². The van der Waals surface area contributed by atoms with E-state index in [4.69, 9.17) is 69.8 Å². The second-order valence-electron chi connectivity index (χ2n) is 28.7. The van der Waals surface area contributed by atoms with Crippen LogP contribution in [0, 0.1) is 178 Å². The summed E-state index contributed by atoms with van der Waals surface area (Å²) in [4.78, 5) is 0. The Labute approximate surface area is 938 Å². The minimum Gasteiger partial charge on any atom is -0.358 e. The first-order valence-electron chi connectivity index (χ1n) is 40.5. The molecule has 0 atom stereocenters. The van der Waals surface area contributed by atoms with E-state index in [0.717, 1.165) is 0 Å². The molecule has 0 saturated carbocycles. The van der Waals surface area contributed by atoms with Crippen LogP contribution in [0.4, 0.5) is 0 Å². The predicted molar refractivity (Wildman–Crippen MR) is 546 cm³/mol. The normalized spacial score (nSPS) is 9.23. The van der Waals surface area contributed by atoms with Gasteiger partial charge in [0.1, 0.15) is 0 Å². The van der Waals surface area contributed by atoms with E-state index in [0.29, 0.717) is 0 Å². The molecule has 22 heteroatoms. The molecule has 2 aliphatic rings. The molecule has 0 amide bonds. The van der Waals surface area contributed by atoms with Gasteiger partial charge in [-0.2, -0.15) is 0 Å². The number of benzene rings is 16. The molecule has 18 aromatic rings. The van der Waals surface area contributed by atoms with Crippen LogP contribution in [0.3, 0.4) is 0 Å². The standard InChI is InChI=1S/C25H18.2C21H19N.C20H16.C18H14.15CO.5CH3.Mo.4W/c1-3-11-19(12-4-1)25(20-13-5-2-6-14-20)23-17-9-7-15-21(23)22-16-8-10-18-24(22)25;2*1-14-12-15(2)21(16(3)13-14)22-19-10-6-4-8-17(19)18-9-5-7-11-20(18)22;1-20(15-9-3-2-4-10-15)18-13-7-5-11-16(18)17-12-6-8-14-19(17)20;1-3-9-15(10-4-1)17-13-7-8-14-18(17)16-11-5-2-6-12-16;15*1-2;;;;;;;;;;/h1-18H;2*4-13H,1-3H3;2-14H,1H3;1-14H;;;;;;;;;;;;;;;;5*1H3;;;;;/q;;;;;;;;;;;;;;;;;;;;5*-1;;;;;. The summed E-state index contributed by atoms with van der Waals surface area (Å²) >= 11 is 0. The van der Waals surface area contributed by atoms with E-state index in [-0.39, 0.29) is 153 Å². The molecule has 0 spiro atoms. The molecule has 0 N–H and O–H groups in total.